The molecule has 1 saturated heterocycles. The fourth-order valence-electron chi connectivity index (χ4n) is 1.82. The van der Waals surface area contributed by atoms with Gasteiger partial charge in [-0.05, 0) is 18.6 Å². The van der Waals surface area contributed by atoms with Crippen LogP contribution in [0.5, 0.6) is 0 Å². The van der Waals surface area contributed by atoms with Crippen molar-refractivity contribution >= 4 is 12.6 Å². The molecule has 5 atom stereocenters. The second kappa shape index (κ2) is 7.56. The topological polar surface area (TPSA) is 79.2 Å². The van der Waals surface area contributed by atoms with Gasteiger partial charge in [-0.3, -0.25) is 0 Å². The van der Waals surface area contributed by atoms with Crippen LogP contribution in [0.4, 0.5) is 0 Å². The van der Waals surface area contributed by atoms with E-state index in [4.69, 9.17) is 14.6 Å². The minimum atomic E-state index is -1.06. The summed E-state index contributed by atoms with van der Waals surface area (Å²) >= 11 is 4.10. The second-order valence-corrected chi connectivity index (χ2v) is 4.81. The van der Waals surface area contributed by atoms with Crippen molar-refractivity contribution in [1.29, 1.82) is 0 Å². The Morgan fingerprint density at radius 1 is 1.24 bits per heavy atom. The molecule has 0 radical (unpaired) electrons. The molecule has 1 fully saturated rings. The number of aliphatic hydroxyl groups is 3. The van der Waals surface area contributed by atoms with E-state index < -0.39 is 24.6 Å². The largest absolute Gasteiger partial charge is 0.394 e. The van der Waals surface area contributed by atoms with Crippen molar-refractivity contribution in [3.05, 3.63) is 0 Å². The second-order valence-electron chi connectivity index (χ2n) is 4.37. The minimum absolute atomic E-state index is 0.316. The molecule has 6 heteroatoms. The van der Waals surface area contributed by atoms with E-state index in [0.717, 1.165) is 18.6 Å². The lowest BCUT2D eigenvalue weighted by Gasteiger charge is -2.40. The van der Waals surface area contributed by atoms with E-state index in [0.29, 0.717) is 6.61 Å². The summed E-state index contributed by atoms with van der Waals surface area (Å²) < 4.78 is 10.9. The zero-order chi connectivity index (χ0) is 12.8. The normalized spacial score (nSPS) is 38.3. The van der Waals surface area contributed by atoms with Gasteiger partial charge in [0.05, 0.1) is 12.7 Å². The maximum Gasteiger partial charge on any atom is 0.163 e. The van der Waals surface area contributed by atoms with Crippen LogP contribution in [0.25, 0.3) is 0 Å². The molecule has 0 aromatic heterocycles. The minimum Gasteiger partial charge on any atom is -0.394 e. The molecule has 5 nitrogen and oxygen atoms in total. The van der Waals surface area contributed by atoms with Crippen LogP contribution in [-0.4, -0.2) is 58.9 Å². The SMILES string of the molecule is CC1C(OCCCCS)OC(CO)C(O)C1O. The van der Waals surface area contributed by atoms with Gasteiger partial charge < -0.3 is 24.8 Å². The van der Waals surface area contributed by atoms with E-state index in [1.807, 2.05) is 0 Å². The van der Waals surface area contributed by atoms with E-state index in [1.54, 1.807) is 6.92 Å². The Morgan fingerprint density at radius 2 is 1.94 bits per heavy atom. The molecular weight excluding hydrogens is 244 g/mol. The van der Waals surface area contributed by atoms with Gasteiger partial charge in [-0.2, -0.15) is 12.6 Å². The van der Waals surface area contributed by atoms with Crippen molar-refractivity contribution in [1.82, 2.24) is 0 Å². The maximum atomic E-state index is 9.79. The summed E-state index contributed by atoms with van der Waals surface area (Å²) in [4.78, 5) is 0. The van der Waals surface area contributed by atoms with Crippen molar-refractivity contribution in [2.45, 2.75) is 44.4 Å². The predicted octanol–water partition coefficient (Wildman–Crippen LogP) is -0.212. The lowest BCUT2D eigenvalue weighted by Crippen LogP contribution is -2.55. The molecule has 5 unspecified atom stereocenters. The van der Waals surface area contributed by atoms with Crippen LogP contribution in [0.1, 0.15) is 19.8 Å². The number of ether oxygens (including phenoxy) is 2. The van der Waals surface area contributed by atoms with Crippen molar-refractivity contribution in [2.24, 2.45) is 5.92 Å². The van der Waals surface area contributed by atoms with Gasteiger partial charge in [-0.1, -0.05) is 6.92 Å². The first-order chi connectivity index (χ1) is 8.11. The highest BCUT2D eigenvalue weighted by molar-refractivity contribution is 7.80. The summed E-state index contributed by atoms with van der Waals surface area (Å²) in [5.74, 6) is 0.495. The molecule has 1 heterocycles. The van der Waals surface area contributed by atoms with Gasteiger partial charge in [0.2, 0.25) is 0 Å². The number of thiol groups is 1. The molecule has 0 amide bonds. The van der Waals surface area contributed by atoms with Crippen LogP contribution in [-0.2, 0) is 9.47 Å². The Morgan fingerprint density at radius 3 is 2.53 bits per heavy atom. The van der Waals surface area contributed by atoms with Crippen LogP contribution >= 0.6 is 12.6 Å². The van der Waals surface area contributed by atoms with Crippen LogP contribution < -0.4 is 0 Å². The zero-order valence-electron chi connectivity index (χ0n) is 10.0. The third-order valence-corrected chi connectivity index (χ3v) is 3.34. The highest BCUT2D eigenvalue weighted by Crippen LogP contribution is 2.26. The highest BCUT2D eigenvalue weighted by atomic mass is 32.1. The zero-order valence-corrected chi connectivity index (χ0v) is 10.9. The molecule has 0 bridgehead atoms. The van der Waals surface area contributed by atoms with Gasteiger partial charge in [0, 0.05) is 12.5 Å². The van der Waals surface area contributed by atoms with Crippen LogP contribution in [0.2, 0.25) is 0 Å². The Labute approximate surface area is 107 Å². The van der Waals surface area contributed by atoms with Gasteiger partial charge in [0.1, 0.15) is 12.2 Å². The Kier molecular flexibility index (Phi) is 6.76. The summed E-state index contributed by atoms with van der Waals surface area (Å²) in [6.45, 7) is 1.95. The molecule has 0 saturated carbocycles. The van der Waals surface area contributed by atoms with Gasteiger partial charge >= 0.3 is 0 Å². The van der Waals surface area contributed by atoms with Gasteiger partial charge in [0.15, 0.2) is 6.29 Å². The summed E-state index contributed by atoms with van der Waals surface area (Å²) in [6, 6.07) is 0. The molecule has 0 aliphatic carbocycles. The van der Waals surface area contributed by atoms with E-state index >= 15 is 0 Å². The predicted molar refractivity (Wildman–Crippen MR) is 66.0 cm³/mol. The molecular formula is C11H22O5S. The van der Waals surface area contributed by atoms with Crippen LogP contribution in [0.3, 0.4) is 0 Å². The molecule has 3 N–H and O–H groups in total. The van der Waals surface area contributed by atoms with E-state index in [-0.39, 0.29) is 12.5 Å². The standard InChI is InChI=1S/C11H22O5S/c1-7-9(13)10(14)8(6-12)16-11(7)15-4-2-3-5-17/h7-14,17H,2-6H2,1H3. The number of unbranched alkanes of at least 4 members (excludes halogenated alkanes) is 1. The van der Waals surface area contributed by atoms with Crippen molar-refractivity contribution in [3.8, 4) is 0 Å². The van der Waals surface area contributed by atoms with E-state index in [1.165, 1.54) is 0 Å². The molecule has 1 aliphatic heterocycles. The van der Waals surface area contributed by atoms with Gasteiger partial charge in [-0.25, -0.2) is 0 Å². The van der Waals surface area contributed by atoms with Gasteiger partial charge in [0.25, 0.3) is 0 Å². The molecule has 0 aromatic rings. The summed E-state index contributed by atoms with van der Waals surface area (Å²) in [7, 11) is 0. The quantitative estimate of drug-likeness (QED) is 0.395. The average Bonchev–Trinajstić information content (AvgIpc) is 2.34. The number of rotatable bonds is 6. The monoisotopic (exact) mass is 266 g/mol. The van der Waals surface area contributed by atoms with Crippen LogP contribution in [0, 0.1) is 5.92 Å². The summed E-state index contributed by atoms with van der Waals surface area (Å²) in [5, 5.41) is 28.5. The fourth-order valence-corrected chi connectivity index (χ4v) is 2.05. The maximum absolute atomic E-state index is 9.79. The smallest absolute Gasteiger partial charge is 0.163 e. The molecule has 17 heavy (non-hydrogen) atoms. The first kappa shape index (κ1) is 15.2. The number of hydrogen-bond donors (Lipinski definition) is 4. The lowest BCUT2D eigenvalue weighted by molar-refractivity contribution is -0.282. The first-order valence-electron chi connectivity index (χ1n) is 5.96. The van der Waals surface area contributed by atoms with Crippen molar-refractivity contribution in [2.75, 3.05) is 19.0 Å². The fraction of sp³-hybridized carbons (Fsp3) is 1.00. The average molecular weight is 266 g/mol. The Hall–Kier alpha value is 0.150. The highest BCUT2D eigenvalue weighted by Gasteiger charge is 2.42. The number of hydrogen-bond acceptors (Lipinski definition) is 6. The summed E-state index contributed by atoms with van der Waals surface area (Å²) in [6.07, 6.45) is -1.53. The van der Waals surface area contributed by atoms with E-state index in [9.17, 15) is 10.2 Å². The molecule has 0 spiro atoms. The first-order valence-corrected chi connectivity index (χ1v) is 6.60. The third-order valence-electron chi connectivity index (χ3n) is 3.02. The molecule has 102 valence electrons. The van der Waals surface area contributed by atoms with Crippen molar-refractivity contribution < 1.29 is 24.8 Å². The molecule has 1 aliphatic rings. The third kappa shape index (κ3) is 4.08. The molecule has 1 rings (SSSR count). The molecule has 0 aromatic carbocycles. The van der Waals surface area contributed by atoms with E-state index in [2.05, 4.69) is 12.6 Å². The van der Waals surface area contributed by atoms with Gasteiger partial charge in [-0.15, -0.1) is 0 Å². The summed E-state index contributed by atoms with van der Waals surface area (Å²) in [5.41, 5.74) is 0. The lowest BCUT2D eigenvalue weighted by atomic mass is 9.92. The number of aliphatic hydroxyl groups excluding tert-OH is 3. The van der Waals surface area contributed by atoms with Crippen LogP contribution in [0.15, 0.2) is 0 Å². The Balaban J connectivity index is 2.42. The van der Waals surface area contributed by atoms with Crippen molar-refractivity contribution in [3.63, 3.8) is 0 Å². The Bertz CT molecular complexity index is 214.